The zero-order valence-corrected chi connectivity index (χ0v) is 14.8. The Labute approximate surface area is 158 Å². The molecule has 0 radical (unpaired) electrons. The summed E-state index contributed by atoms with van der Waals surface area (Å²) in [5.41, 5.74) is 1.32. The van der Waals surface area contributed by atoms with Gasteiger partial charge < -0.3 is 5.32 Å². The van der Waals surface area contributed by atoms with E-state index in [9.17, 15) is 4.79 Å². The average molecular weight is 374 g/mol. The van der Waals surface area contributed by atoms with E-state index in [1.165, 1.54) is 20.4 Å². The number of hydrogen-bond donors (Lipinski definition) is 1. The molecule has 0 bridgehead atoms. The summed E-state index contributed by atoms with van der Waals surface area (Å²) < 4.78 is 2.93. The van der Waals surface area contributed by atoms with Crippen LogP contribution in [0, 0.1) is 11.3 Å². The van der Waals surface area contributed by atoms with Crippen molar-refractivity contribution in [2.45, 2.75) is 6.67 Å². The molecule has 11 nitrogen and oxygen atoms in total. The van der Waals surface area contributed by atoms with Crippen LogP contribution >= 0.6 is 0 Å². The Morgan fingerprint density at radius 1 is 1.21 bits per heavy atom. The average Bonchev–Trinajstić information content (AvgIpc) is 3.44. The summed E-state index contributed by atoms with van der Waals surface area (Å²) in [4.78, 5) is 13.8. The molecule has 3 heterocycles. The van der Waals surface area contributed by atoms with Crippen LogP contribution in [-0.4, -0.2) is 45.7 Å². The minimum atomic E-state index is -0.449. The second kappa shape index (κ2) is 7.12. The molecule has 11 heteroatoms. The monoisotopic (exact) mass is 374 g/mol. The number of carbonyl (C=O) groups is 1. The van der Waals surface area contributed by atoms with Gasteiger partial charge in [0.15, 0.2) is 12.4 Å². The molecule has 4 rings (SSSR count). The number of carbonyl (C=O) groups excluding carboxylic acids is 1. The second-order valence-electron chi connectivity index (χ2n) is 5.83. The van der Waals surface area contributed by atoms with E-state index in [4.69, 9.17) is 5.26 Å². The van der Waals surface area contributed by atoms with Crippen LogP contribution in [0.1, 0.15) is 16.1 Å². The van der Waals surface area contributed by atoms with Gasteiger partial charge in [0.25, 0.3) is 5.91 Å². The summed E-state index contributed by atoms with van der Waals surface area (Å²) in [6.45, 7) is 0.197. The molecule has 0 aliphatic carbocycles. The lowest BCUT2D eigenvalue weighted by Crippen LogP contribution is -2.17. The summed E-state index contributed by atoms with van der Waals surface area (Å²) in [6, 6.07) is 13.0. The normalized spacial score (nSPS) is 10.6. The van der Waals surface area contributed by atoms with E-state index in [0.29, 0.717) is 11.6 Å². The maximum Gasteiger partial charge on any atom is 0.277 e. The van der Waals surface area contributed by atoms with Crippen LogP contribution in [0.15, 0.2) is 48.8 Å². The summed E-state index contributed by atoms with van der Waals surface area (Å²) in [7, 11) is 1.63. The molecule has 28 heavy (non-hydrogen) atoms. The van der Waals surface area contributed by atoms with Gasteiger partial charge in [0.2, 0.25) is 5.82 Å². The first kappa shape index (κ1) is 17.1. The first-order chi connectivity index (χ1) is 13.6. The molecule has 138 valence electrons. The molecule has 0 aliphatic heterocycles. The number of nitrogens with one attached hydrogen (secondary N) is 1. The van der Waals surface area contributed by atoms with Gasteiger partial charge in [-0.1, -0.05) is 30.3 Å². The van der Waals surface area contributed by atoms with Crippen molar-refractivity contribution in [3.05, 3.63) is 60.0 Å². The largest absolute Gasteiger partial charge is 0.304 e. The van der Waals surface area contributed by atoms with Gasteiger partial charge in [-0.15, -0.1) is 15.0 Å². The van der Waals surface area contributed by atoms with Crippen molar-refractivity contribution in [3.8, 4) is 17.5 Å². The van der Waals surface area contributed by atoms with E-state index in [-0.39, 0.29) is 17.9 Å². The zero-order chi connectivity index (χ0) is 19.5. The van der Waals surface area contributed by atoms with Crippen LogP contribution in [0.5, 0.6) is 0 Å². The Balaban J connectivity index is 1.46. The number of tetrazole rings is 1. The van der Waals surface area contributed by atoms with Gasteiger partial charge >= 0.3 is 0 Å². The number of benzene rings is 1. The SMILES string of the molecule is Cn1ncc(C#N)c1NC(=O)c1ccn(Cn2nnc(-c3ccccc3)n2)n1. The standard InChI is InChI=1S/C17H14N10O/c1-25-16(13(9-18)10-19-25)20-17(28)14-7-8-26(22-14)11-27-23-15(21-24-27)12-5-3-2-4-6-12/h2-8,10H,11H2,1H3,(H,20,28). The third-order valence-corrected chi connectivity index (χ3v) is 3.92. The van der Waals surface area contributed by atoms with Crippen molar-refractivity contribution >= 4 is 11.7 Å². The summed E-state index contributed by atoms with van der Waals surface area (Å²) in [5, 5.41) is 32.2. The Hall–Kier alpha value is -4.33. The molecular weight excluding hydrogens is 360 g/mol. The molecule has 0 fully saturated rings. The highest BCUT2D eigenvalue weighted by Crippen LogP contribution is 2.14. The number of aromatic nitrogens is 8. The molecule has 0 aliphatic rings. The summed E-state index contributed by atoms with van der Waals surface area (Å²) >= 11 is 0. The van der Waals surface area contributed by atoms with Crippen LogP contribution in [-0.2, 0) is 13.7 Å². The number of nitriles is 1. The number of aryl methyl sites for hydroxylation is 1. The van der Waals surface area contributed by atoms with Crippen molar-refractivity contribution in [1.29, 1.82) is 5.26 Å². The Bertz CT molecular complexity index is 1160. The molecule has 0 spiro atoms. The molecule has 0 unspecified atom stereocenters. The van der Waals surface area contributed by atoms with Crippen molar-refractivity contribution < 1.29 is 4.79 Å². The highest BCUT2D eigenvalue weighted by Gasteiger charge is 2.15. The number of rotatable bonds is 5. The second-order valence-corrected chi connectivity index (χ2v) is 5.83. The van der Waals surface area contributed by atoms with E-state index >= 15 is 0 Å². The van der Waals surface area contributed by atoms with Crippen molar-refractivity contribution in [3.63, 3.8) is 0 Å². The third-order valence-electron chi connectivity index (χ3n) is 3.92. The fourth-order valence-electron chi connectivity index (χ4n) is 2.54. The van der Waals surface area contributed by atoms with E-state index < -0.39 is 5.91 Å². The smallest absolute Gasteiger partial charge is 0.277 e. The Kier molecular flexibility index (Phi) is 4.35. The third kappa shape index (κ3) is 3.34. The number of hydrogen-bond acceptors (Lipinski definition) is 7. The fourth-order valence-corrected chi connectivity index (χ4v) is 2.54. The molecular formula is C17H14N10O. The molecule has 0 saturated heterocycles. The predicted molar refractivity (Wildman–Crippen MR) is 96.8 cm³/mol. The lowest BCUT2D eigenvalue weighted by Gasteiger charge is -2.04. The number of nitrogens with zero attached hydrogens (tertiary/aromatic N) is 9. The van der Waals surface area contributed by atoms with Crippen LogP contribution in [0.4, 0.5) is 5.82 Å². The molecule has 4 aromatic rings. The van der Waals surface area contributed by atoms with Crippen LogP contribution in [0.25, 0.3) is 11.4 Å². The maximum absolute atomic E-state index is 12.4. The van der Waals surface area contributed by atoms with Crippen LogP contribution < -0.4 is 5.32 Å². The summed E-state index contributed by atoms with van der Waals surface area (Å²) in [5.74, 6) is 0.369. The minimum Gasteiger partial charge on any atom is -0.304 e. The van der Waals surface area contributed by atoms with Crippen molar-refractivity contribution in [2.75, 3.05) is 5.32 Å². The van der Waals surface area contributed by atoms with Gasteiger partial charge in [0.05, 0.1) is 6.20 Å². The van der Waals surface area contributed by atoms with Gasteiger partial charge in [-0.3, -0.25) is 9.48 Å². The van der Waals surface area contributed by atoms with Crippen LogP contribution in [0.2, 0.25) is 0 Å². The summed E-state index contributed by atoms with van der Waals surface area (Å²) in [6.07, 6.45) is 3.02. The maximum atomic E-state index is 12.4. The van der Waals surface area contributed by atoms with Crippen molar-refractivity contribution in [2.24, 2.45) is 7.05 Å². The number of anilines is 1. The molecule has 0 atom stereocenters. The lowest BCUT2D eigenvalue weighted by atomic mass is 10.2. The topological polar surface area (TPSA) is 132 Å². The number of amides is 1. The van der Waals surface area contributed by atoms with Gasteiger partial charge in [0.1, 0.15) is 17.5 Å². The molecule has 1 N–H and O–H groups in total. The molecule has 1 amide bonds. The van der Waals surface area contributed by atoms with Crippen molar-refractivity contribution in [1.82, 2.24) is 39.8 Å². The molecule has 3 aromatic heterocycles. The van der Waals surface area contributed by atoms with E-state index in [1.807, 2.05) is 36.4 Å². The van der Waals surface area contributed by atoms with Gasteiger partial charge in [0, 0.05) is 18.8 Å². The molecule has 1 aromatic carbocycles. The fraction of sp³-hybridized carbons (Fsp3) is 0.118. The van der Waals surface area contributed by atoms with Gasteiger partial charge in [-0.25, -0.2) is 4.68 Å². The lowest BCUT2D eigenvalue weighted by molar-refractivity contribution is 0.102. The van der Waals surface area contributed by atoms with Gasteiger partial charge in [-0.05, 0) is 11.3 Å². The first-order valence-electron chi connectivity index (χ1n) is 8.24. The highest BCUT2D eigenvalue weighted by atomic mass is 16.2. The Morgan fingerprint density at radius 3 is 2.82 bits per heavy atom. The quantitative estimate of drug-likeness (QED) is 0.549. The minimum absolute atomic E-state index is 0.188. The highest BCUT2D eigenvalue weighted by molar-refractivity contribution is 6.02. The molecule has 0 saturated carbocycles. The zero-order valence-electron chi connectivity index (χ0n) is 14.8. The predicted octanol–water partition coefficient (Wildman–Crippen LogP) is 0.900. The van der Waals surface area contributed by atoms with Crippen LogP contribution in [0.3, 0.4) is 0 Å². The Morgan fingerprint density at radius 2 is 2.04 bits per heavy atom. The van der Waals surface area contributed by atoms with E-state index in [2.05, 4.69) is 30.9 Å². The van der Waals surface area contributed by atoms with E-state index in [0.717, 1.165) is 5.56 Å². The van der Waals surface area contributed by atoms with Gasteiger partial charge in [-0.2, -0.15) is 15.5 Å². The van der Waals surface area contributed by atoms with E-state index in [1.54, 1.807) is 19.3 Å². The first-order valence-corrected chi connectivity index (χ1v) is 8.24.